The lowest BCUT2D eigenvalue weighted by Crippen LogP contribution is -1.99. The maximum Gasteiger partial charge on any atom is 0.120 e. The standard InChI is InChI=1S/C14H14O2S/c1-16-12-6-4-11(5-7-12)13(8-9-15)14-3-2-10-17-14/h2-7,9-10,13H,8H2,1H3/t13-/m1/s1. The number of aldehydes is 1. The first kappa shape index (κ1) is 11.9. The number of methoxy groups -OCH3 is 1. The van der Waals surface area contributed by atoms with Crippen molar-refractivity contribution in [2.75, 3.05) is 7.11 Å². The van der Waals surface area contributed by atoms with Crippen molar-refractivity contribution in [1.82, 2.24) is 0 Å². The molecule has 1 atom stereocenters. The van der Waals surface area contributed by atoms with Gasteiger partial charge in [0.1, 0.15) is 12.0 Å². The van der Waals surface area contributed by atoms with E-state index in [4.69, 9.17) is 4.74 Å². The molecule has 0 unspecified atom stereocenters. The van der Waals surface area contributed by atoms with Crippen LogP contribution in [-0.2, 0) is 4.79 Å². The molecular formula is C14H14O2S. The van der Waals surface area contributed by atoms with Crippen LogP contribution in [0.4, 0.5) is 0 Å². The van der Waals surface area contributed by atoms with Crippen molar-refractivity contribution in [3.8, 4) is 5.75 Å². The molecule has 2 rings (SSSR count). The number of ether oxygens (including phenoxy) is 1. The van der Waals surface area contributed by atoms with E-state index in [1.54, 1.807) is 18.4 Å². The largest absolute Gasteiger partial charge is 0.497 e. The van der Waals surface area contributed by atoms with Crippen molar-refractivity contribution in [3.05, 3.63) is 52.2 Å². The minimum atomic E-state index is 0.165. The molecule has 0 saturated heterocycles. The zero-order valence-corrected chi connectivity index (χ0v) is 10.4. The van der Waals surface area contributed by atoms with Gasteiger partial charge in [0.25, 0.3) is 0 Å². The van der Waals surface area contributed by atoms with Crippen molar-refractivity contribution in [3.63, 3.8) is 0 Å². The fourth-order valence-electron chi connectivity index (χ4n) is 1.84. The number of carbonyl (C=O) groups is 1. The number of carbonyl (C=O) groups excluding carboxylic acids is 1. The van der Waals surface area contributed by atoms with Gasteiger partial charge in [-0.15, -0.1) is 11.3 Å². The summed E-state index contributed by atoms with van der Waals surface area (Å²) in [6, 6.07) is 12.0. The second-order valence-corrected chi connectivity index (χ2v) is 4.72. The summed E-state index contributed by atoms with van der Waals surface area (Å²) in [5, 5.41) is 2.04. The SMILES string of the molecule is COc1ccc([C@@H](CC=O)c2cccs2)cc1. The smallest absolute Gasteiger partial charge is 0.120 e. The summed E-state index contributed by atoms with van der Waals surface area (Å²) in [5.74, 6) is 1.00. The molecule has 1 heterocycles. The second-order valence-electron chi connectivity index (χ2n) is 3.74. The van der Waals surface area contributed by atoms with Crippen molar-refractivity contribution in [2.45, 2.75) is 12.3 Å². The molecule has 1 aromatic heterocycles. The van der Waals surface area contributed by atoms with Crippen LogP contribution in [0.2, 0.25) is 0 Å². The highest BCUT2D eigenvalue weighted by Gasteiger charge is 2.14. The first-order chi connectivity index (χ1) is 8.35. The lowest BCUT2D eigenvalue weighted by Gasteiger charge is -2.13. The summed E-state index contributed by atoms with van der Waals surface area (Å²) >= 11 is 1.69. The van der Waals surface area contributed by atoms with Crippen molar-refractivity contribution >= 4 is 17.6 Å². The van der Waals surface area contributed by atoms with Gasteiger partial charge in [-0.25, -0.2) is 0 Å². The van der Waals surface area contributed by atoms with E-state index < -0.39 is 0 Å². The molecule has 0 fully saturated rings. The van der Waals surface area contributed by atoms with E-state index in [1.165, 1.54) is 4.88 Å². The van der Waals surface area contributed by atoms with Crippen LogP contribution in [0.1, 0.15) is 22.8 Å². The zero-order chi connectivity index (χ0) is 12.1. The van der Waals surface area contributed by atoms with Gasteiger partial charge < -0.3 is 9.53 Å². The van der Waals surface area contributed by atoms with E-state index in [1.807, 2.05) is 35.7 Å². The summed E-state index contributed by atoms with van der Waals surface area (Å²) in [4.78, 5) is 12.0. The molecule has 0 bridgehead atoms. The van der Waals surface area contributed by atoms with Crippen LogP contribution in [-0.4, -0.2) is 13.4 Å². The van der Waals surface area contributed by atoms with Gasteiger partial charge in [-0.2, -0.15) is 0 Å². The first-order valence-electron chi connectivity index (χ1n) is 5.46. The van der Waals surface area contributed by atoms with Crippen molar-refractivity contribution < 1.29 is 9.53 Å². The topological polar surface area (TPSA) is 26.3 Å². The van der Waals surface area contributed by atoms with Gasteiger partial charge in [0.2, 0.25) is 0 Å². The van der Waals surface area contributed by atoms with Crippen molar-refractivity contribution in [1.29, 1.82) is 0 Å². The molecule has 0 spiro atoms. The molecule has 3 heteroatoms. The molecule has 0 aliphatic rings. The van der Waals surface area contributed by atoms with E-state index >= 15 is 0 Å². The van der Waals surface area contributed by atoms with Gasteiger partial charge in [-0.3, -0.25) is 0 Å². The van der Waals surface area contributed by atoms with Crippen LogP contribution in [0.3, 0.4) is 0 Å². The normalized spacial score (nSPS) is 12.1. The van der Waals surface area contributed by atoms with E-state index in [-0.39, 0.29) is 5.92 Å². The third kappa shape index (κ3) is 2.74. The Morgan fingerprint density at radius 3 is 2.59 bits per heavy atom. The van der Waals surface area contributed by atoms with E-state index in [2.05, 4.69) is 6.07 Å². The summed E-state index contributed by atoms with van der Waals surface area (Å²) in [5.41, 5.74) is 1.15. The molecule has 0 saturated carbocycles. The molecule has 2 nitrogen and oxygen atoms in total. The van der Waals surface area contributed by atoms with E-state index in [0.29, 0.717) is 6.42 Å². The molecule has 0 radical (unpaired) electrons. The zero-order valence-electron chi connectivity index (χ0n) is 9.63. The van der Waals surface area contributed by atoms with Crippen molar-refractivity contribution in [2.24, 2.45) is 0 Å². The van der Waals surface area contributed by atoms with Gasteiger partial charge in [0, 0.05) is 17.2 Å². The number of benzene rings is 1. The molecule has 1 aromatic carbocycles. The minimum Gasteiger partial charge on any atom is -0.497 e. The van der Waals surface area contributed by atoms with Gasteiger partial charge in [0.15, 0.2) is 0 Å². The third-order valence-electron chi connectivity index (χ3n) is 2.74. The molecule has 17 heavy (non-hydrogen) atoms. The Labute approximate surface area is 105 Å². The third-order valence-corrected chi connectivity index (χ3v) is 3.72. The summed E-state index contributed by atoms with van der Waals surface area (Å²) in [7, 11) is 1.65. The molecule has 0 aliphatic heterocycles. The summed E-state index contributed by atoms with van der Waals surface area (Å²) < 4.78 is 5.13. The average Bonchev–Trinajstić information content (AvgIpc) is 2.90. The highest BCUT2D eigenvalue weighted by molar-refractivity contribution is 7.10. The van der Waals surface area contributed by atoms with Crippen LogP contribution < -0.4 is 4.74 Å². The molecular weight excluding hydrogens is 232 g/mol. The molecule has 88 valence electrons. The van der Waals surface area contributed by atoms with E-state index in [0.717, 1.165) is 17.6 Å². The highest BCUT2D eigenvalue weighted by Crippen LogP contribution is 2.31. The first-order valence-corrected chi connectivity index (χ1v) is 6.34. The average molecular weight is 246 g/mol. The van der Waals surface area contributed by atoms with Gasteiger partial charge in [-0.05, 0) is 29.1 Å². The fourth-order valence-corrected chi connectivity index (χ4v) is 2.71. The maximum absolute atomic E-state index is 10.8. The number of hydrogen-bond donors (Lipinski definition) is 0. The Hall–Kier alpha value is -1.61. The maximum atomic E-state index is 10.8. The Morgan fingerprint density at radius 1 is 1.29 bits per heavy atom. The number of rotatable bonds is 5. The molecule has 2 aromatic rings. The molecule has 0 amide bonds. The number of hydrogen-bond acceptors (Lipinski definition) is 3. The Morgan fingerprint density at radius 2 is 2.06 bits per heavy atom. The van der Waals surface area contributed by atoms with E-state index in [9.17, 15) is 4.79 Å². The monoisotopic (exact) mass is 246 g/mol. The van der Waals surface area contributed by atoms with Crippen LogP contribution in [0.5, 0.6) is 5.75 Å². The predicted molar refractivity (Wildman–Crippen MR) is 69.8 cm³/mol. The highest BCUT2D eigenvalue weighted by atomic mass is 32.1. The van der Waals surface area contributed by atoms with Crippen LogP contribution in [0.15, 0.2) is 41.8 Å². The number of thiophene rings is 1. The summed E-state index contributed by atoms with van der Waals surface area (Å²) in [6.45, 7) is 0. The van der Waals surface area contributed by atoms with Crippen LogP contribution in [0, 0.1) is 0 Å². The van der Waals surface area contributed by atoms with Gasteiger partial charge in [-0.1, -0.05) is 18.2 Å². The Balaban J connectivity index is 2.29. The van der Waals surface area contributed by atoms with Gasteiger partial charge in [0.05, 0.1) is 7.11 Å². The lowest BCUT2D eigenvalue weighted by molar-refractivity contribution is -0.108. The Kier molecular flexibility index (Phi) is 3.94. The molecule has 0 aliphatic carbocycles. The molecule has 0 N–H and O–H groups in total. The lowest BCUT2D eigenvalue weighted by atomic mass is 9.95. The summed E-state index contributed by atoms with van der Waals surface area (Å²) in [6.07, 6.45) is 1.50. The van der Waals surface area contributed by atoms with Crippen LogP contribution >= 0.6 is 11.3 Å². The Bertz CT molecular complexity index is 459. The second kappa shape index (κ2) is 5.64. The minimum absolute atomic E-state index is 0.165. The van der Waals surface area contributed by atoms with Gasteiger partial charge >= 0.3 is 0 Å². The quantitative estimate of drug-likeness (QED) is 0.755. The predicted octanol–water partition coefficient (Wildman–Crippen LogP) is 3.48. The fraction of sp³-hybridized carbons (Fsp3) is 0.214. The van der Waals surface area contributed by atoms with Crippen LogP contribution in [0.25, 0.3) is 0 Å².